The van der Waals surface area contributed by atoms with Gasteiger partial charge >= 0.3 is 5.88 Å². The van der Waals surface area contributed by atoms with Crippen molar-refractivity contribution in [3.05, 3.63) is 59.8 Å². The highest BCUT2D eigenvalue weighted by Gasteiger charge is 2.57. The molecule has 6 rings (SSSR count). The molecule has 0 unspecified atom stereocenters. The van der Waals surface area contributed by atoms with E-state index in [2.05, 4.69) is 57.7 Å². The van der Waals surface area contributed by atoms with Crippen LogP contribution in [0.4, 0.5) is 0 Å². The number of benzene rings is 1. The molecular weight excluding hydrogens is 422 g/mol. The Hall–Kier alpha value is -2.40. The number of piperidine rings is 1. The number of aromatic nitrogens is 1. The zero-order valence-electron chi connectivity index (χ0n) is 20.3. The average molecular weight is 462 g/mol. The smallest absolute Gasteiger partial charge is 0.370 e. The number of nitrogens with one attached hydrogen (secondary N) is 1. The second-order valence-corrected chi connectivity index (χ2v) is 11.1. The van der Waals surface area contributed by atoms with Crippen LogP contribution in [0.2, 0.25) is 0 Å². The molecule has 4 atom stereocenters. The Morgan fingerprint density at radius 2 is 1.91 bits per heavy atom. The van der Waals surface area contributed by atoms with Crippen LogP contribution in [-0.4, -0.2) is 43.1 Å². The fourth-order valence-electron chi connectivity index (χ4n) is 7.65. The van der Waals surface area contributed by atoms with Gasteiger partial charge < -0.3 is 15.0 Å². The molecule has 1 saturated carbocycles. The highest BCUT2D eigenvalue weighted by atomic mass is 16.5. The van der Waals surface area contributed by atoms with Crippen LogP contribution in [0.3, 0.4) is 0 Å². The summed E-state index contributed by atoms with van der Waals surface area (Å²) in [6, 6.07) is 15.6. The van der Waals surface area contributed by atoms with Crippen LogP contribution >= 0.6 is 0 Å². The molecule has 4 heterocycles. The molecule has 1 amide bonds. The molecule has 0 radical (unpaired) electrons. The van der Waals surface area contributed by atoms with Gasteiger partial charge in [-0.05, 0) is 55.6 Å². The predicted molar refractivity (Wildman–Crippen MR) is 130 cm³/mol. The first-order chi connectivity index (χ1) is 16.8. The molecule has 0 bridgehead atoms. The Bertz CT molecular complexity index is 1010. The van der Waals surface area contributed by atoms with E-state index in [4.69, 9.17) is 4.74 Å². The zero-order valence-corrected chi connectivity index (χ0v) is 20.3. The maximum Gasteiger partial charge on any atom is 0.370 e. The first kappa shape index (κ1) is 22.1. The molecule has 3 N–H and O–H groups in total. The molecule has 1 aliphatic carbocycles. The van der Waals surface area contributed by atoms with Crippen LogP contribution in [0.25, 0.3) is 0 Å². The molecule has 5 nitrogen and oxygen atoms in total. The van der Waals surface area contributed by atoms with Gasteiger partial charge in [-0.1, -0.05) is 49.6 Å². The lowest BCUT2D eigenvalue weighted by Crippen LogP contribution is -2.82. The van der Waals surface area contributed by atoms with Crippen molar-refractivity contribution in [3.8, 4) is 5.88 Å². The zero-order chi connectivity index (χ0) is 23.0. The van der Waals surface area contributed by atoms with Crippen LogP contribution in [0, 0.1) is 11.8 Å². The van der Waals surface area contributed by atoms with Crippen molar-refractivity contribution in [2.24, 2.45) is 11.8 Å². The minimum Gasteiger partial charge on any atom is -0.444 e. The number of pyridine rings is 1. The van der Waals surface area contributed by atoms with Crippen molar-refractivity contribution in [1.29, 1.82) is 0 Å². The number of carbonyl (C=O) groups excluding carboxylic acids is 1. The second kappa shape index (κ2) is 9.33. The second-order valence-electron chi connectivity index (χ2n) is 11.1. The summed E-state index contributed by atoms with van der Waals surface area (Å²) in [6.07, 6.45) is 11.6. The summed E-state index contributed by atoms with van der Waals surface area (Å²) in [5.74, 6) is 2.53. The summed E-state index contributed by atoms with van der Waals surface area (Å²) in [7, 11) is 0. The lowest BCUT2D eigenvalue weighted by Gasteiger charge is -2.47. The fourth-order valence-corrected chi connectivity index (χ4v) is 7.65. The van der Waals surface area contributed by atoms with E-state index in [-0.39, 0.29) is 11.3 Å². The molecule has 4 aliphatic rings. The third-order valence-electron chi connectivity index (χ3n) is 9.42. The number of ether oxygens (including phenoxy) is 1. The Labute approximate surface area is 203 Å². The van der Waals surface area contributed by atoms with Gasteiger partial charge in [-0.2, -0.15) is 4.98 Å². The molecular formula is C29H39N3O2+2. The van der Waals surface area contributed by atoms with Gasteiger partial charge in [0.1, 0.15) is 5.92 Å². The summed E-state index contributed by atoms with van der Waals surface area (Å²) in [5.41, 5.74) is 2.55. The third kappa shape index (κ3) is 3.82. The van der Waals surface area contributed by atoms with E-state index in [1.165, 1.54) is 43.2 Å². The van der Waals surface area contributed by atoms with Gasteiger partial charge in [-0.3, -0.25) is 4.79 Å². The Kier molecular flexibility index (Phi) is 6.06. The number of amides is 1. The molecule has 180 valence electrons. The Balaban J connectivity index is 1.30. The number of nitrogens with two attached hydrogens (primary N) is 1. The number of H-pyrrole nitrogens is 1. The summed E-state index contributed by atoms with van der Waals surface area (Å²) >= 11 is 0. The van der Waals surface area contributed by atoms with Gasteiger partial charge in [0.05, 0.1) is 30.7 Å². The van der Waals surface area contributed by atoms with Crippen LogP contribution in [0.15, 0.2) is 48.7 Å². The summed E-state index contributed by atoms with van der Waals surface area (Å²) in [5, 5.41) is 2.37. The molecule has 5 heteroatoms. The average Bonchev–Trinajstić information content (AvgIpc) is 3.33. The van der Waals surface area contributed by atoms with Gasteiger partial charge in [0, 0.05) is 18.7 Å². The van der Waals surface area contributed by atoms with Gasteiger partial charge in [0.2, 0.25) is 5.91 Å². The van der Waals surface area contributed by atoms with Crippen molar-refractivity contribution in [2.45, 2.75) is 68.7 Å². The van der Waals surface area contributed by atoms with E-state index in [0.717, 1.165) is 44.8 Å². The third-order valence-corrected chi connectivity index (χ3v) is 9.42. The van der Waals surface area contributed by atoms with Crippen LogP contribution in [-0.2, 0) is 10.2 Å². The summed E-state index contributed by atoms with van der Waals surface area (Å²) < 4.78 is 5.97. The van der Waals surface area contributed by atoms with Gasteiger partial charge in [-0.25, -0.2) is 0 Å². The standard InChI is InChI=1S/C29H37N3O2/c33-28(25-19-30-20-29(25)14-17-34-27-24(29)12-7-15-31-27)32-16-13-23(21-8-3-1-4-9-21)18-26(32)22-10-5-2-6-11-22/h1,3-4,7-9,12,15,22-23,25-26,30H,2,5-6,10-11,13-14,16-20H2/p+2/t23-,25+,26+,29+/m1/s1. The molecule has 2 aromatic rings. The van der Waals surface area contributed by atoms with E-state index in [0.29, 0.717) is 30.4 Å². The first-order valence-electron chi connectivity index (χ1n) is 13.6. The van der Waals surface area contributed by atoms with Crippen molar-refractivity contribution in [3.63, 3.8) is 0 Å². The molecule has 34 heavy (non-hydrogen) atoms. The van der Waals surface area contributed by atoms with E-state index in [1.54, 1.807) is 0 Å². The lowest BCUT2D eigenvalue weighted by atomic mass is 9.68. The monoisotopic (exact) mass is 461 g/mol. The SMILES string of the molecule is O=C([C@@H]1C[NH2+]C[C@]12CCOc1[nH+]cccc12)N1CC[C@@H](c2ccccc2)C[C@H]1C1CCCCC1. The number of carbonyl (C=O) groups is 1. The number of rotatable bonds is 3. The maximum absolute atomic E-state index is 14.4. The molecule has 3 aliphatic heterocycles. The number of quaternary nitrogens is 1. The molecule has 2 saturated heterocycles. The number of hydrogen-bond acceptors (Lipinski definition) is 2. The van der Waals surface area contributed by atoms with E-state index >= 15 is 0 Å². The van der Waals surface area contributed by atoms with Crippen molar-refractivity contribution >= 4 is 5.91 Å². The fraction of sp³-hybridized carbons (Fsp3) is 0.586. The van der Waals surface area contributed by atoms with Gasteiger partial charge in [-0.15, -0.1) is 0 Å². The quantitative estimate of drug-likeness (QED) is 0.764. The number of fused-ring (bicyclic) bond motifs is 2. The maximum atomic E-state index is 14.4. The minimum absolute atomic E-state index is 0.0327. The van der Waals surface area contributed by atoms with Crippen molar-refractivity contribution < 1.29 is 19.8 Å². The topological polar surface area (TPSA) is 60.3 Å². The van der Waals surface area contributed by atoms with Crippen molar-refractivity contribution in [1.82, 2.24) is 4.90 Å². The lowest BCUT2D eigenvalue weighted by molar-refractivity contribution is -0.640. The van der Waals surface area contributed by atoms with Gasteiger partial charge in [0.15, 0.2) is 6.20 Å². The van der Waals surface area contributed by atoms with Crippen LogP contribution in [0.1, 0.15) is 68.4 Å². The summed E-state index contributed by atoms with van der Waals surface area (Å²) in [4.78, 5) is 20.1. The normalized spacial score (nSPS) is 31.8. The van der Waals surface area contributed by atoms with Gasteiger partial charge in [0.25, 0.3) is 0 Å². The largest absolute Gasteiger partial charge is 0.444 e. The molecule has 3 fully saturated rings. The van der Waals surface area contributed by atoms with E-state index in [1.807, 2.05) is 6.20 Å². The Morgan fingerprint density at radius 1 is 1.06 bits per heavy atom. The highest BCUT2D eigenvalue weighted by Crippen LogP contribution is 2.45. The van der Waals surface area contributed by atoms with Crippen LogP contribution < -0.4 is 15.0 Å². The van der Waals surface area contributed by atoms with Crippen molar-refractivity contribution in [2.75, 3.05) is 26.2 Å². The highest BCUT2D eigenvalue weighted by molar-refractivity contribution is 5.82. The number of nitrogens with zero attached hydrogens (tertiary/aromatic N) is 1. The van der Waals surface area contributed by atoms with Crippen LogP contribution in [0.5, 0.6) is 5.88 Å². The number of hydrogen-bond donors (Lipinski definition) is 1. The molecule has 1 spiro atoms. The Morgan fingerprint density at radius 3 is 2.76 bits per heavy atom. The van der Waals surface area contributed by atoms with E-state index < -0.39 is 0 Å². The molecule has 1 aromatic carbocycles. The predicted octanol–water partition coefficient (Wildman–Crippen LogP) is 3.07. The first-order valence-corrected chi connectivity index (χ1v) is 13.6. The number of likely N-dealkylation sites (tertiary alicyclic amines) is 1. The van der Waals surface area contributed by atoms with E-state index in [9.17, 15) is 4.79 Å². The summed E-state index contributed by atoms with van der Waals surface area (Å²) in [6.45, 7) is 3.46. The minimum atomic E-state index is -0.115. The molecule has 1 aromatic heterocycles. The number of aromatic amines is 1.